The molecule has 0 aliphatic heterocycles. The summed E-state index contributed by atoms with van der Waals surface area (Å²) in [6.45, 7) is 11.7. The smallest absolute Gasteiger partial charge is 0.312 e. The Morgan fingerprint density at radius 2 is 1.13 bits per heavy atom. The molecule has 0 unspecified atom stereocenters. The lowest BCUT2D eigenvalue weighted by molar-refractivity contribution is -0.196. The second-order valence-corrected chi connectivity index (χ2v) is 12.2. The number of esters is 2. The Bertz CT molecular complexity index is 662. The van der Waals surface area contributed by atoms with Crippen LogP contribution in [0.1, 0.15) is 130 Å². The van der Waals surface area contributed by atoms with Crippen molar-refractivity contribution >= 4 is 11.9 Å². The van der Waals surface area contributed by atoms with E-state index in [0.29, 0.717) is 6.42 Å². The maximum absolute atomic E-state index is 12.4. The van der Waals surface area contributed by atoms with Crippen molar-refractivity contribution in [1.29, 1.82) is 0 Å². The van der Waals surface area contributed by atoms with Gasteiger partial charge in [-0.05, 0) is 96.8 Å². The second kappa shape index (κ2) is 16.1. The first-order valence-corrected chi connectivity index (χ1v) is 13.0. The molecule has 0 radical (unpaired) electrons. The summed E-state index contributed by atoms with van der Waals surface area (Å²) in [5.41, 5.74) is -0.920. The van der Waals surface area contributed by atoms with Crippen LogP contribution in [0.25, 0.3) is 0 Å². The molecule has 0 aromatic heterocycles. The minimum Gasteiger partial charge on any atom is -0.463 e. The summed E-state index contributed by atoms with van der Waals surface area (Å²) >= 11 is 0. The maximum Gasteiger partial charge on any atom is 0.312 e. The predicted molar refractivity (Wildman–Crippen MR) is 154 cm³/mol. The van der Waals surface area contributed by atoms with Gasteiger partial charge in [-0.3, -0.25) is 9.59 Å². The van der Waals surface area contributed by atoms with E-state index in [1.165, 1.54) is 19.3 Å². The third kappa shape index (κ3) is 11.9. The highest BCUT2D eigenvalue weighted by molar-refractivity contribution is 5.76. The fourth-order valence-corrected chi connectivity index (χ4v) is 5.42. The number of halogens is 2. The molecule has 230 valence electrons. The van der Waals surface area contributed by atoms with E-state index in [9.17, 15) is 18.4 Å². The van der Waals surface area contributed by atoms with Crippen molar-refractivity contribution in [1.82, 2.24) is 0 Å². The summed E-state index contributed by atoms with van der Waals surface area (Å²) in [6.07, 6.45) is 9.15. The van der Waals surface area contributed by atoms with Gasteiger partial charge in [-0.15, -0.1) is 0 Å². The molecule has 0 aromatic carbocycles. The van der Waals surface area contributed by atoms with Gasteiger partial charge in [0.1, 0.15) is 18.8 Å². The van der Waals surface area contributed by atoms with Gasteiger partial charge < -0.3 is 14.2 Å². The molecule has 5 nitrogen and oxygen atoms in total. The monoisotopic (exact) mass is 552 g/mol. The number of rotatable bonds is 10. The van der Waals surface area contributed by atoms with Crippen LogP contribution in [0, 0.1) is 28.6 Å². The molecule has 4 aliphatic carbocycles. The molecular formula is C31H62F2O5. The van der Waals surface area contributed by atoms with Gasteiger partial charge in [-0.2, -0.15) is 0 Å². The van der Waals surface area contributed by atoms with Crippen LogP contribution in [-0.4, -0.2) is 43.3 Å². The number of hydrogen-bond acceptors (Lipinski definition) is 5. The van der Waals surface area contributed by atoms with Gasteiger partial charge in [0.05, 0.1) is 17.4 Å². The van der Waals surface area contributed by atoms with E-state index in [1.54, 1.807) is 13.8 Å². The summed E-state index contributed by atoms with van der Waals surface area (Å²) < 4.78 is 40.3. The van der Waals surface area contributed by atoms with E-state index in [1.807, 2.05) is 20.8 Å². The molecule has 0 amide bonds. The van der Waals surface area contributed by atoms with Gasteiger partial charge in [-0.1, -0.05) is 43.6 Å². The molecule has 0 atom stereocenters. The largest absolute Gasteiger partial charge is 0.463 e. The SMILES string of the molecule is C.C.C.C.CCC(C)(C)C(=O)OC12CC3CC(CC(C3)C1)C2.CCC(C)(C)C(=O)OCCOCC(C)(F)F. The topological polar surface area (TPSA) is 61.8 Å². The molecule has 0 heterocycles. The lowest BCUT2D eigenvalue weighted by Crippen LogP contribution is -2.53. The summed E-state index contributed by atoms with van der Waals surface area (Å²) in [4.78, 5) is 23.8. The molecule has 4 saturated carbocycles. The first-order chi connectivity index (χ1) is 15.6. The average molecular weight is 553 g/mol. The van der Waals surface area contributed by atoms with E-state index in [4.69, 9.17) is 9.47 Å². The number of carbonyl (C=O) groups is 2. The van der Waals surface area contributed by atoms with Crippen molar-refractivity contribution in [2.45, 2.75) is 141 Å². The Kier molecular flexibility index (Phi) is 17.5. The van der Waals surface area contributed by atoms with Crippen molar-refractivity contribution in [3.05, 3.63) is 0 Å². The zero-order valence-corrected chi connectivity index (χ0v) is 22.3. The normalized spacial score (nSPS) is 25.2. The third-order valence-corrected chi connectivity index (χ3v) is 7.98. The fraction of sp³-hybridized carbons (Fsp3) is 0.935. The minimum absolute atomic E-state index is 0. The Morgan fingerprint density at radius 1 is 0.737 bits per heavy atom. The van der Waals surface area contributed by atoms with Crippen LogP contribution in [-0.2, 0) is 23.8 Å². The maximum atomic E-state index is 12.4. The van der Waals surface area contributed by atoms with Gasteiger partial charge in [0.15, 0.2) is 0 Å². The lowest BCUT2D eigenvalue weighted by atomic mass is 9.54. The summed E-state index contributed by atoms with van der Waals surface area (Å²) in [7, 11) is 0. The molecule has 0 N–H and O–H groups in total. The highest BCUT2D eigenvalue weighted by Crippen LogP contribution is 2.57. The van der Waals surface area contributed by atoms with Crippen molar-refractivity contribution in [3.8, 4) is 0 Å². The fourth-order valence-electron chi connectivity index (χ4n) is 5.42. The predicted octanol–water partition coefficient (Wildman–Crippen LogP) is 9.12. The highest BCUT2D eigenvalue weighted by Gasteiger charge is 2.54. The molecule has 7 heteroatoms. The molecule has 0 spiro atoms. The Hall–Kier alpha value is -1.24. The van der Waals surface area contributed by atoms with Crippen molar-refractivity contribution in [2.24, 2.45) is 28.6 Å². The summed E-state index contributed by atoms with van der Waals surface area (Å²) in [5, 5.41) is 0. The molecule has 4 aliphatic rings. The zero-order chi connectivity index (χ0) is 25.8. The third-order valence-electron chi connectivity index (χ3n) is 7.98. The van der Waals surface area contributed by atoms with Crippen LogP contribution in [0.4, 0.5) is 8.78 Å². The first kappa shape index (κ1) is 41.2. The van der Waals surface area contributed by atoms with Crippen LogP contribution in [0.5, 0.6) is 0 Å². The lowest BCUT2D eigenvalue weighted by Gasteiger charge is -2.56. The van der Waals surface area contributed by atoms with E-state index in [-0.39, 0.29) is 65.9 Å². The van der Waals surface area contributed by atoms with Gasteiger partial charge in [0.25, 0.3) is 5.92 Å². The number of ether oxygens (including phenoxy) is 3. The zero-order valence-electron chi connectivity index (χ0n) is 22.3. The van der Waals surface area contributed by atoms with E-state index < -0.39 is 17.9 Å². The summed E-state index contributed by atoms with van der Waals surface area (Å²) in [5.74, 6) is -0.614. The second-order valence-electron chi connectivity index (χ2n) is 12.2. The van der Waals surface area contributed by atoms with E-state index in [2.05, 4.69) is 11.7 Å². The molecule has 4 rings (SSSR count). The standard InChI is InChI=1S/C16H26O2.C11H20F2O3.4CH4/c1-4-15(2,3)14(17)18-16-8-11-5-12(9-16)7-13(6-11)10-16;1-5-10(2,3)9(14)16-7-6-15-8-11(4,12)13;;;;/h11-13H,4-10H2,1-3H3;5-8H2,1-4H3;4*1H4. The van der Waals surface area contributed by atoms with Crippen LogP contribution >= 0.6 is 0 Å². The Labute approximate surface area is 234 Å². The molecular weight excluding hydrogens is 490 g/mol. The average Bonchev–Trinajstić information content (AvgIpc) is 2.71. The number of carbonyl (C=O) groups excluding carboxylic acids is 2. The van der Waals surface area contributed by atoms with Crippen LogP contribution < -0.4 is 0 Å². The summed E-state index contributed by atoms with van der Waals surface area (Å²) in [6, 6.07) is 0. The van der Waals surface area contributed by atoms with E-state index in [0.717, 1.165) is 50.4 Å². The minimum atomic E-state index is -2.84. The Morgan fingerprint density at radius 3 is 1.50 bits per heavy atom. The van der Waals surface area contributed by atoms with E-state index >= 15 is 0 Å². The quantitative estimate of drug-likeness (QED) is 0.200. The van der Waals surface area contributed by atoms with Gasteiger partial charge in [-0.25, -0.2) is 8.78 Å². The highest BCUT2D eigenvalue weighted by atomic mass is 19.3. The first-order valence-electron chi connectivity index (χ1n) is 13.0. The van der Waals surface area contributed by atoms with Crippen molar-refractivity contribution in [3.63, 3.8) is 0 Å². The molecule has 0 saturated heterocycles. The molecule has 4 bridgehead atoms. The van der Waals surface area contributed by atoms with Crippen LogP contribution in [0.3, 0.4) is 0 Å². The van der Waals surface area contributed by atoms with Gasteiger partial charge in [0, 0.05) is 6.92 Å². The Balaban J connectivity index is -0.000000589. The van der Waals surface area contributed by atoms with Crippen LogP contribution in [0.2, 0.25) is 0 Å². The van der Waals surface area contributed by atoms with Crippen molar-refractivity contribution in [2.75, 3.05) is 19.8 Å². The number of alkyl halides is 2. The van der Waals surface area contributed by atoms with Crippen molar-refractivity contribution < 1.29 is 32.6 Å². The van der Waals surface area contributed by atoms with Gasteiger partial charge >= 0.3 is 11.9 Å². The van der Waals surface area contributed by atoms with Crippen LogP contribution in [0.15, 0.2) is 0 Å². The molecule has 4 fully saturated rings. The van der Waals surface area contributed by atoms with Gasteiger partial charge in [0.2, 0.25) is 0 Å². The molecule has 38 heavy (non-hydrogen) atoms. The number of hydrogen-bond donors (Lipinski definition) is 0. The molecule has 0 aromatic rings.